The van der Waals surface area contributed by atoms with Gasteiger partial charge in [0.2, 0.25) is 0 Å². The van der Waals surface area contributed by atoms with Gasteiger partial charge in [-0.15, -0.1) is 0 Å². The van der Waals surface area contributed by atoms with Gasteiger partial charge in [-0.1, -0.05) is 41.6 Å². The molecular formula is C17H15F3N2O2. The number of anilines is 1. The zero-order valence-corrected chi connectivity index (χ0v) is 12.8. The van der Waals surface area contributed by atoms with Crippen molar-refractivity contribution in [2.75, 3.05) is 18.6 Å². The first kappa shape index (κ1) is 17.5. The summed E-state index contributed by atoms with van der Waals surface area (Å²) >= 11 is 0. The van der Waals surface area contributed by atoms with Gasteiger partial charge in [-0.25, -0.2) is 0 Å². The highest BCUT2D eigenvalue weighted by molar-refractivity contribution is 5.93. The standard InChI is InChI=1S/C17H15F3N2O2/c1-22(14-8-3-2-4-9-14)16(23)12-24-21-11-13-7-5-6-10-15(13)17(18,19)20/h2-11H,12H2,1H3. The number of para-hydroxylation sites is 1. The van der Waals surface area contributed by atoms with Crippen molar-refractivity contribution in [1.82, 2.24) is 0 Å². The molecule has 0 unspecified atom stereocenters. The molecule has 0 saturated heterocycles. The van der Waals surface area contributed by atoms with E-state index in [0.717, 1.165) is 12.3 Å². The summed E-state index contributed by atoms with van der Waals surface area (Å²) in [5.41, 5.74) is -0.267. The highest BCUT2D eigenvalue weighted by atomic mass is 19.4. The number of benzene rings is 2. The summed E-state index contributed by atoms with van der Waals surface area (Å²) in [5, 5.41) is 3.46. The second-order valence-corrected chi connectivity index (χ2v) is 4.88. The fraction of sp³-hybridized carbons (Fsp3) is 0.176. The van der Waals surface area contributed by atoms with Gasteiger partial charge < -0.3 is 9.74 Å². The van der Waals surface area contributed by atoms with Crippen molar-refractivity contribution in [3.63, 3.8) is 0 Å². The average Bonchev–Trinajstić information content (AvgIpc) is 2.58. The molecule has 2 aromatic carbocycles. The minimum atomic E-state index is -4.48. The van der Waals surface area contributed by atoms with Crippen LogP contribution in [-0.4, -0.2) is 25.8 Å². The highest BCUT2D eigenvalue weighted by Gasteiger charge is 2.32. The van der Waals surface area contributed by atoms with Gasteiger partial charge in [0.15, 0.2) is 6.61 Å². The molecule has 0 radical (unpaired) electrons. The normalized spacial score (nSPS) is 11.5. The molecule has 1 amide bonds. The van der Waals surface area contributed by atoms with Gasteiger partial charge in [0.25, 0.3) is 5.91 Å². The number of nitrogens with zero attached hydrogens (tertiary/aromatic N) is 2. The molecule has 0 bridgehead atoms. The van der Waals surface area contributed by atoms with E-state index in [1.165, 1.54) is 23.1 Å². The molecule has 0 aliphatic rings. The number of hydrogen-bond donors (Lipinski definition) is 0. The minimum absolute atomic E-state index is 0.131. The zero-order valence-electron chi connectivity index (χ0n) is 12.8. The molecule has 7 heteroatoms. The molecule has 0 aliphatic heterocycles. The first-order valence-electron chi connectivity index (χ1n) is 7.03. The lowest BCUT2D eigenvalue weighted by Gasteiger charge is -2.16. The maximum absolute atomic E-state index is 12.8. The van der Waals surface area contributed by atoms with Gasteiger partial charge >= 0.3 is 6.18 Å². The fourth-order valence-electron chi connectivity index (χ4n) is 1.95. The van der Waals surface area contributed by atoms with Crippen molar-refractivity contribution in [2.45, 2.75) is 6.18 Å². The largest absolute Gasteiger partial charge is 0.417 e. The minimum Gasteiger partial charge on any atom is -0.386 e. The van der Waals surface area contributed by atoms with Crippen LogP contribution in [0.5, 0.6) is 0 Å². The Bertz CT molecular complexity index is 715. The van der Waals surface area contributed by atoms with E-state index in [1.807, 2.05) is 6.07 Å². The molecule has 0 N–H and O–H groups in total. The Hall–Kier alpha value is -2.83. The molecular weight excluding hydrogens is 321 g/mol. The summed E-state index contributed by atoms with van der Waals surface area (Å²) in [4.78, 5) is 18.1. The Morgan fingerprint density at radius 1 is 1.12 bits per heavy atom. The number of carbonyl (C=O) groups excluding carboxylic acids is 1. The number of alkyl halides is 3. The third-order valence-electron chi connectivity index (χ3n) is 3.24. The van der Waals surface area contributed by atoms with E-state index in [9.17, 15) is 18.0 Å². The molecule has 2 aromatic rings. The van der Waals surface area contributed by atoms with E-state index in [1.54, 1.807) is 31.3 Å². The van der Waals surface area contributed by atoms with E-state index in [-0.39, 0.29) is 18.1 Å². The third-order valence-corrected chi connectivity index (χ3v) is 3.24. The highest BCUT2D eigenvalue weighted by Crippen LogP contribution is 2.31. The Morgan fingerprint density at radius 3 is 2.42 bits per heavy atom. The molecule has 126 valence electrons. The van der Waals surface area contributed by atoms with Crippen LogP contribution < -0.4 is 4.90 Å². The Kier molecular flexibility index (Phi) is 5.57. The fourth-order valence-corrected chi connectivity index (χ4v) is 1.95. The van der Waals surface area contributed by atoms with E-state index in [4.69, 9.17) is 4.84 Å². The smallest absolute Gasteiger partial charge is 0.386 e. The Labute approximate surface area is 137 Å². The van der Waals surface area contributed by atoms with Crippen LogP contribution >= 0.6 is 0 Å². The summed E-state index contributed by atoms with van der Waals surface area (Å²) in [5.74, 6) is -0.373. The topological polar surface area (TPSA) is 41.9 Å². The quantitative estimate of drug-likeness (QED) is 0.617. The summed E-state index contributed by atoms with van der Waals surface area (Å²) < 4.78 is 38.4. The number of amides is 1. The zero-order chi connectivity index (χ0) is 17.6. The lowest BCUT2D eigenvalue weighted by Crippen LogP contribution is -2.29. The monoisotopic (exact) mass is 336 g/mol. The molecule has 0 saturated carbocycles. The van der Waals surface area contributed by atoms with Crippen molar-refractivity contribution >= 4 is 17.8 Å². The summed E-state index contributed by atoms with van der Waals surface area (Å²) in [6, 6.07) is 13.9. The van der Waals surface area contributed by atoms with Gasteiger partial charge in [-0.3, -0.25) is 4.79 Å². The second kappa shape index (κ2) is 7.63. The summed E-state index contributed by atoms with van der Waals surface area (Å²) in [6.45, 7) is -0.379. The number of halogens is 3. The van der Waals surface area contributed by atoms with Gasteiger partial charge in [0.1, 0.15) is 0 Å². The van der Waals surface area contributed by atoms with Crippen molar-refractivity contribution in [3.05, 3.63) is 65.7 Å². The molecule has 2 rings (SSSR count). The molecule has 0 aliphatic carbocycles. The van der Waals surface area contributed by atoms with Crippen molar-refractivity contribution in [1.29, 1.82) is 0 Å². The van der Waals surface area contributed by atoms with E-state index in [2.05, 4.69) is 5.16 Å². The first-order chi connectivity index (χ1) is 11.4. The van der Waals surface area contributed by atoms with Gasteiger partial charge in [0, 0.05) is 18.3 Å². The number of rotatable bonds is 5. The van der Waals surface area contributed by atoms with Crippen LogP contribution in [0, 0.1) is 0 Å². The van der Waals surface area contributed by atoms with Crippen LogP contribution in [0.15, 0.2) is 59.8 Å². The van der Waals surface area contributed by atoms with E-state index >= 15 is 0 Å². The van der Waals surface area contributed by atoms with E-state index < -0.39 is 11.7 Å². The number of likely N-dealkylation sites (N-methyl/N-ethyl adjacent to an activating group) is 1. The van der Waals surface area contributed by atoms with E-state index in [0.29, 0.717) is 5.69 Å². The Morgan fingerprint density at radius 2 is 1.75 bits per heavy atom. The molecule has 0 aromatic heterocycles. The number of hydrogen-bond acceptors (Lipinski definition) is 3. The number of oxime groups is 1. The van der Waals surface area contributed by atoms with Crippen LogP contribution in [0.1, 0.15) is 11.1 Å². The predicted molar refractivity (Wildman–Crippen MR) is 84.8 cm³/mol. The van der Waals surface area contributed by atoms with Crippen molar-refractivity contribution in [3.8, 4) is 0 Å². The summed E-state index contributed by atoms with van der Waals surface area (Å²) in [6.07, 6.45) is -3.54. The lowest BCUT2D eigenvalue weighted by atomic mass is 10.1. The average molecular weight is 336 g/mol. The van der Waals surface area contributed by atoms with Crippen LogP contribution in [0.4, 0.5) is 18.9 Å². The maximum atomic E-state index is 12.8. The molecule has 0 fully saturated rings. The molecule has 0 atom stereocenters. The van der Waals surface area contributed by atoms with Gasteiger partial charge in [-0.2, -0.15) is 13.2 Å². The molecule has 24 heavy (non-hydrogen) atoms. The number of carbonyl (C=O) groups is 1. The van der Waals surface area contributed by atoms with Crippen LogP contribution in [0.25, 0.3) is 0 Å². The third kappa shape index (κ3) is 4.58. The first-order valence-corrected chi connectivity index (χ1v) is 7.03. The molecule has 4 nitrogen and oxygen atoms in total. The SMILES string of the molecule is CN(C(=O)CON=Cc1ccccc1C(F)(F)F)c1ccccc1. The van der Waals surface area contributed by atoms with Crippen LogP contribution in [-0.2, 0) is 15.8 Å². The molecule has 0 heterocycles. The maximum Gasteiger partial charge on any atom is 0.417 e. The van der Waals surface area contributed by atoms with Crippen LogP contribution in [0.3, 0.4) is 0 Å². The van der Waals surface area contributed by atoms with Crippen LogP contribution in [0.2, 0.25) is 0 Å². The predicted octanol–water partition coefficient (Wildman–Crippen LogP) is 3.72. The lowest BCUT2D eigenvalue weighted by molar-refractivity contribution is -0.137. The Balaban J connectivity index is 1.95. The van der Waals surface area contributed by atoms with Crippen molar-refractivity contribution < 1.29 is 22.8 Å². The van der Waals surface area contributed by atoms with Gasteiger partial charge in [0.05, 0.1) is 11.8 Å². The summed E-state index contributed by atoms with van der Waals surface area (Å²) in [7, 11) is 1.57. The second-order valence-electron chi connectivity index (χ2n) is 4.88. The van der Waals surface area contributed by atoms with Crippen molar-refractivity contribution in [2.24, 2.45) is 5.16 Å². The molecule has 0 spiro atoms. The van der Waals surface area contributed by atoms with Gasteiger partial charge in [-0.05, 0) is 18.2 Å².